The molecule has 1 heterocycles. The Morgan fingerprint density at radius 2 is 1.93 bits per heavy atom. The highest BCUT2D eigenvalue weighted by atomic mass is 32.1. The van der Waals surface area contributed by atoms with Crippen LogP contribution in [0.15, 0.2) is 53.9 Å². The highest BCUT2D eigenvalue weighted by Gasteiger charge is 2.30. The Morgan fingerprint density at radius 3 is 2.63 bits per heavy atom. The molecule has 1 amide bonds. The van der Waals surface area contributed by atoms with Crippen LogP contribution in [0.1, 0.15) is 11.1 Å². The lowest BCUT2D eigenvalue weighted by molar-refractivity contribution is -0.137. The molecule has 1 aromatic heterocycles. The largest absolute Gasteiger partial charge is 0.497 e. The topological polar surface area (TPSA) is 60.5 Å². The minimum Gasteiger partial charge on any atom is -0.497 e. The summed E-state index contributed by atoms with van der Waals surface area (Å²) in [6.07, 6.45) is -1.97. The number of hydrogen-bond donors (Lipinski definition) is 1. The van der Waals surface area contributed by atoms with Crippen molar-refractivity contribution in [3.8, 4) is 22.8 Å². The number of rotatable bonds is 6. The van der Waals surface area contributed by atoms with E-state index in [-0.39, 0.29) is 5.56 Å². The molecular weight excluding hydrogens is 417 g/mol. The van der Waals surface area contributed by atoms with Crippen LogP contribution >= 0.6 is 11.3 Å². The molecule has 0 atom stereocenters. The molecule has 5 nitrogen and oxygen atoms in total. The lowest BCUT2D eigenvalue weighted by atomic mass is 10.1. The molecule has 3 aromatic rings. The van der Waals surface area contributed by atoms with Crippen LogP contribution in [0.4, 0.5) is 18.3 Å². The SMILES string of the molecule is COc1ccc(OC)c(-c2csc(NC(=O)C=Cc3cccc(C(F)(F)F)c3)n2)c1. The molecular formula is C21H17F3N2O3S. The van der Waals surface area contributed by atoms with E-state index in [4.69, 9.17) is 9.47 Å². The molecule has 156 valence electrons. The summed E-state index contributed by atoms with van der Waals surface area (Å²) in [6, 6.07) is 10.00. The van der Waals surface area contributed by atoms with Crippen molar-refractivity contribution in [3.05, 3.63) is 65.0 Å². The number of nitrogens with zero attached hydrogens (tertiary/aromatic N) is 1. The number of carbonyl (C=O) groups is 1. The Balaban J connectivity index is 1.72. The van der Waals surface area contributed by atoms with Gasteiger partial charge in [0.2, 0.25) is 5.91 Å². The number of halogens is 3. The van der Waals surface area contributed by atoms with Gasteiger partial charge in [0.15, 0.2) is 5.13 Å². The van der Waals surface area contributed by atoms with Gasteiger partial charge in [-0.05, 0) is 42.0 Å². The molecule has 0 aliphatic carbocycles. The van der Waals surface area contributed by atoms with Gasteiger partial charge in [-0.15, -0.1) is 11.3 Å². The first kappa shape index (κ1) is 21.4. The maximum absolute atomic E-state index is 12.8. The summed E-state index contributed by atoms with van der Waals surface area (Å²) in [4.78, 5) is 16.5. The first-order valence-corrected chi connectivity index (χ1v) is 9.52. The fourth-order valence-corrected chi connectivity index (χ4v) is 3.32. The highest BCUT2D eigenvalue weighted by Crippen LogP contribution is 2.35. The zero-order chi connectivity index (χ0) is 21.7. The molecule has 3 rings (SSSR count). The van der Waals surface area contributed by atoms with Gasteiger partial charge < -0.3 is 9.47 Å². The number of anilines is 1. The lowest BCUT2D eigenvalue weighted by Gasteiger charge is -2.08. The first-order chi connectivity index (χ1) is 14.3. The van der Waals surface area contributed by atoms with Crippen molar-refractivity contribution in [3.63, 3.8) is 0 Å². The molecule has 30 heavy (non-hydrogen) atoms. The van der Waals surface area contributed by atoms with Gasteiger partial charge in [0.05, 0.1) is 25.5 Å². The summed E-state index contributed by atoms with van der Waals surface area (Å²) in [5, 5.41) is 4.70. The van der Waals surface area contributed by atoms with Gasteiger partial charge in [-0.1, -0.05) is 12.1 Å². The van der Waals surface area contributed by atoms with Gasteiger partial charge in [-0.25, -0.2) is 4.98 Å². The fourth-order valence-electron chi connectivity index (χ4n) is 2.61. The lowest BCUT2D eigenvalue weighted by Crippen LogP contribution is -2.07. The average molecular weight is 434 g/mol. The summed E-state index contributed by atoms with van der Waals surface area (Å²) >= 11 is 1.21. The third kappa shape index (κ3) is 5.18. The number of carbonyl (C=O) groups excluding carboxylic acids is 1. The number of aromatic nitrogens is 1. The molecule has 0 saturated heterocycles. The summed E-state index contributed by atoms with van der Waals surface area (Å²) in [5.41, 5.74) is 0.781. The average Bonchev–Trinajstić information content (AvgIpc) is 3.19. The Hall–Kier alpha value is -3.33. The quantitative estimate of drug-likeness (QED) is 0.521. The van der Waals surface area contributed by atoms with Crippen LogP contribution in [0.25, 0.3) is 17.3 Å². The van der Waals surface area contributed by atoms with Crippen molar-refractivity contribution >= 4 is 28.5 Å². The Kier molecular flexibility index (Phi) is 6.41. The zero-order valence-electron chi connectivity index (χ0n) is 16.0. The minimum atomic E-state index is -4.44. The van der Waals surface area contributed by atoms with Crippen LogP contribution in [0.5, 0.6) is 11.5 Å². The third-order valence-corrected chi connectivity index (χ3v) is 4.82. The summed E-state index contributed by atoms with van der Waals surface area (Å²) in [7, 11) is 3.09. The van der Waals surface area contributed by atoms with E-state index >= 15 is 0 Å². The first-order valence-electron chi connectivity index (χ1n) is 8.64. The van der Waals surface area contributed by atoms with Crippen molar-refractivity contribution in [1.82, 2.24) is 4.98 Å². The van der Waals surface area contributed by atoms with Crippen LogP contribution in [-0.4, -0.2) is 25.1 Å². The van der Waals surface area contributed by atoms with Crippen LogP contribution in [0, 0.1) is 0 Å². The maximum atomic E-state index is 12.8. The molecule has 0 aliphatic rings. The summed E-state index contributed by atoms with van der Waals surface area (Å²) in [6.45, 7) is 0. The van der Waals surface area contributed by atoms with Crippen molar-refractivity contribution in [1.29, 1.82) is 0 Å². The number of methoxy groups -OCH3 is 2. The van der Waals surface area contributed by atoms with Gasteiger partial charge in [0, 0.05) is 17.0 Å². The predicted molar refractivity (Wildman–Crippen MR) is 110 cm³/mol. The molecule has 0 bridgehead atoms. The molecule has 0 fully saturated rings. The predicted octanol–water partition coefficient (Wildman–Crippen LogP) is 5.50. The van der Waals surface area contributed by atoms with Crippen LogP contribution in [0.3, 0.4) is 0 Å². The smallest absolute Gasteiger partial charge is 0.416 e. The van der Waals surface area contributed by atoms with Crippen molar-refractivity contribution in [2.45, 2.75) is 6.18 Å². The zero-order valence-corrected chi connectivity index (χ0v) is 16.8. The van der Waals surface area contributed by atoms with Crippen molar-refractivity contribution < 1.29 is 27.4 Å². The molecule has 0 spiro atoms. The Morgan fingerprint density at radius 1 is 1.13 bits per heavy atom. The summed E-state index contributed by atoms with van der Waals surface area (Å²) < 4.78 is 48.9. The molecule has 2 aromatic carbocycles. The molecule has 1 N–H and O–H groups in total. The van der Waals surface area contributed by atoms with Crippen LogP contribution in [-0.2, 0) is 11.0 Å². The second-order valence-corrected chi connectivity index (χ2v) is 6.91. The number of ether oxygens (including phenoxy) is 2. The Labute approximate surface area is 174 Å². The van der Waals surface area contributed by atoms with Gasteiger partial charge >= 0.3 is 6.18 Å². The normalized spacial score (nSPS) is 11.5. The van der Waals surface area contributed by atoms with E-state index in [1.165, 1.54) is 29.5 Å². The maximum Gasteiger partial charge on any atom is 0.416 e. The second kappa shape index (κ2) is 9.00. The van der Waals surface area contributed by atoms with E-state index in [1.54, 1.807) is 37.8 Å². The van der Waals surface area contributed by atoms with Gasteiger partial charge in [-0.2, -0.15) is 13.2 Å². The number of alkyl halides is 3. The number of thiazole rings is 1. The Bertz CT molecular complexity index is 1080. The number of nitrogens with one attached hydrogen (secondary N) is 1. The molecule has 9 heteroatoms. The molecule has 0 radical (unpaired) electrons. The van der Waals surface area contributed by atoms with Crippen molar-refractivity contribution in [2.75, 3.05) is 19.5 Å². The highest BCUT2D eigenvalue weighted by molar-refractivity contribution is 7.14. The van der Waals surface area contributed by atoms with Crippen LogP contribution in [0.2, 0.25) is 0 Å². The summed E-state index contributed by atoms with van der Waals surface area (Å²) in [5.74, 6) is 0.725. The van der Waals surface area contributed by atoms with E-state index in [0.717, 1.165) is 18.2 Å². The van der Waals surface area contributed by atoms with Crippen molar-refractivity contribution in [2.24, 2.45) is 0 Å². The van der Waals surface area contributed by atoms with Gasteiger partial charge in [0.25, 0.3) is 0 Å². The number of benzene rings is 2. The fraction of sp³-hybridized carbons (Fsp3) is 0.143. The van der Waals surface area contributed by atoms with E-state index in [1.807, 2.05) is 0 Å². The standard InChI is InChI=1S/C21H17F3N2O3S/c1-28-15-7-8-18(29-2)16(11-15)17-12-30-20(25-17)26-19(27)9-6-13-4-3-5-14(10-13)21(22,23)24/h3-12H,1-2H3,(H,25,26,27). The molecule has 0 saturated carbocycles. The molecule has 0 unspecified atom stereocenters. The van der Waals surface area contributed by atoms with E-state index in [2.05, 4.69) is 10.3 Å². The third-order valence-electron chi connectivity index (χ3n) is 4.06. The van der Waals surface area contributed by atoms with Gasteiger partial charge in [0.1, 0.15) is 11.5 Å². The van der Waals surface area contributed by atoms with Gasteiger partial charge in [-0.3, -0.25) is 10.1 Å². The van der Waals surface area contributed by atoms with E-state index in [9.17, 15) is 18.0 Å². The number of amides is 1. The number of hydrogen-bond acceptors (Lipinski definition) is 5. The van der Waals surface area contributed by atoms with E-state index < -0.39 is 17.6 Å². The van der Waals surface area contributed by atoms with Crippen LogP contribution < -0.4 is 14.8 Å². The minimum absolute atomic E-state index is 0.265. The monoisotopic (exact) mass is 434 g/mol. The molecule has 0 aliphatic heterocycles. The van der Waals surface area contributed by atoms with E-state index in [0.29, 0.717) is 27.9 Å². The second-order valence-electron chi connectivity index (χ2n) is 6.05.